The van der Waals surface area contributed by atoms with Crippen molar-refractivity contribution in [3.05, 3.63) is 60.2 Å². The lowest BCUT2D eigenvalue weighted by Gasteiger charge is -2.05. The van der Waals surface area contributed by atoms with Crippen molar-refractivity contribution in [2.45, 2.75) is 25.5 Å². The number of aromatic nitrogens is 5. The molecule has 0 spiro atoms. The van der Waals surface area contributed by atoms with Gasteiger partial charge < -0.3 is 4.57 Å². The third kappa shape index (κ3) is 3.71. The van der Waals surface area contributed by atoms with Crippen LogP contribution in [0.5, 0.6) is 0 Å². The molecule has 0 unspecified atom stereocenters. The molecule has 3 heterocycles. The predicted octanol–water partition coefficient (Wildman–Crippen LogP) is 3.45. The van der Waals surface area contributed by atoms with Crippen molar-refractivity contribution in [3.8, 4) is 11.4 Å². The van der Waals surface area contributed by atoms with E-state index in [9.17, 15) is 4.79 Å². The fourth-order valence-corrected chi connectivity index (χ4v) is 3.33. The molecule has 6 nitrogen and oxygen atoms in total. The zero-order valence-corrected chi connectivity index (χ0v) is 15.0. The number of H-pyrrole nitrogens is 1. The maximum absolute atomic E-state index is 12.6. The summed E-state index contributed by atoms with van der Waals surface area (Å²) in [5.74, 6) is 1.04. The number of thioether (sulfide) groups is 1. The highest BCUT2D eigenvalue weighted by molar-refractivity contribution is 7.99. The molecule has 3 aromatic rings. The molecule has 0 aliphatic rings. The van der Waals surface area contributed by atoms with Crippen molar-refractivity contribution in [1.82, 2.24) is 24.7 Å². The number of hydrogen-bond donors (Lipinski definition) is 1. The number of hydrogen-bond acceptors (Lipinski definition) is 5. The number of ketones is 1. The van der Waals surface area contributed by atoms with Crippen molar-refractivity contribution >= 4 is 17.5 Å². The van der Waals surface area contributed by atoms with Crippen LogP contribution in [0.2, 0.25) is 0 Å². The molecule has 7 heteroatoms. The summed E-state index contributed by atoms with van der Waals surface area (Å²) >= 11 is 1.33. The second kappa shape index (κ2) is 7.48. The second-order valence-corrected chi connectivity index (χ2v) is 6.54. The van der Waals surface area contributed by atoms with Crippen LogP contribution >= 0.6 is 11.8 Å². The van der Waals surface area contributed by atoms with Gasteiger partial charge in [0.1, 0.15) is 0 Å². The summed E-state index contributed by atoms with van der Waals surface area (Å²) in [6, 6.07) is 5.64. The van der Waals surface area contributed by atoms with Gasteiger partial charge in [-0.2, -0.15) is 0 Å². The first-order valence-corrected chi connectivity index (χ1v) is 8.85. The summed E-state index contributed by atoms with van der Waals surface area (Å²) < 4.78 is 2.08. The number of nitrogens with one attached hydrogen (secondary N) is 1. The van der Waals surface area contributed by atoms with Crippen molar-refractivity contribution in [1.29, 1.82) is 0 Å². The quantitative estimate of drug-likeness (QED) is 0.400. The molecule has 0 saturated carbocycles. The Kier molecular flexibility index (Phi) is 5.14. The highest BCUT2D eigenvalue weighted by atomic mass is 32.2. The maximum Gasteiger partial charge on any atom is 0.209 e. The van der Waals surface area contributed by atoms with Crippen LogP contribution in [0.4, 0.5) is 0 Å². The molecule has 0 amide bonds. The minimum Gasteiger partial charge on any atom is -0.345 e. The number of Topliss-reactive ketones (excluding diaryl/α,β-unsaturated/α-hetero) is 1. The lowest BCUT2D eigenvalue weighted by molar-refractivity contribution is 0.102. The van der Waals surface area contributed by atoms with Gasteiger partial charge in [0.2, 0.25) is 5.16 Å². The van der Waals surface area contributed by atoms with Crippen LogP contribution in [-0.4, -0.2) is 36.3 Å². The smallest absolute Gasteiger partial charge is 0.209 e. The molecular formula is C18H19N5OS. The molecule has 0 fully saturated rings. The average molecular weight is 353 g/mol. The van der Waals surface area contributed by atoms with Crippen LogP contribution in [0.1, 0.15) is 21.7 Å². The molecule has 3 aromatic heterocycles. The fraction of sp³-hybridized carbons (Fsp3) is 0.222. The van der Waals surface area contributed by atoms with Gasteiger partial charge in [-0.05, 0) is 32.0 Å². The number of nitrogens with zero attached hydrogens (tertiary/aromatic N) is 4. The maximum atomic E-state index is 12.6. The highest BCUT2D eigenvalue weighted by Crippen LogP contribution is 2.22. The van der Waals surface area contributed by atoms with Crippen molar-refractivity contribution in [3.63, 3.8) is 0 Å². The Labute approximate surface area is 150 Å². The third-order valence-electron chi connectivity index (χ3n) is 3.94. The summed E-state index contributed by atoms with van der Waals surface area (Å²) in [4.78, 5) is 21.0. The van der Waals surface area contributed by atoms with Crippen LogP contribution in [-0.2, 0) is 6.54 Å². The van der Waals surface area contributed by atoms with E-state index < -0.39 is 0 Å². The number of rotatable bonds is 7. The minimum absolute atomic E-state index is 0.0728. The van der Waals surface area contributed by atoms with E-state index in [1.54, 1.807) is 12.4 Å². The Bertz CT molecular complexity index is 898. The average Bonchev–Trinajstić information content (AvgIpc) is 3.21. The van der Waals surface area contributed by atoms with E-state index in [-0.39, 0.29) is 5.78 Å². The monoisotopic (exact) mass is 353 g/mol. The van der Waals surface area contributed by atoms with Gasteiger partial charge in [-0.3, -0.25) is 14.9 Å². The number of aromatic amines is 1. The number of carbonyl (C=O) groups excluding carboxylic acids is 1. The molecule has 1 N–H and O–H groups in total. The van der Waals surface area contributed by atoms with E-state index in [1.165, 1.54) is 11.8 Å². The molecule has 25 heavy (non-hydrogen) atoms. The van der Waals surface area contributed by atoms with Crippen LogP contribution < -0.4 is 0 Å². The first-order chi connectivity index (χ1) is 12.1. The van der Waals surface area contributed by atoms with Crippen LogP contribution in [0.15, 0.2) is 48.4 Å². The Balaban J connectivity index is 1.68. The topological polar surface area (TPSA) is 76.5 Å². The molecule has 0 bridgehead atoms. The molecule has 0 saturated heterocycles. The van der Waals surface area contributed by atoms with E-state index in [0.29, 0.717) is 23.3 Å². The highest BCUT2D eigenvalue weighted by Gasteiger charge is 2.16. The summed E-state index contributed by atoms with van der Waals surface area (Å²) in [7, 11) is 0. The number of aryl methyl sites for hydroxylation is 1. The van der Waals surface area contributed by atoms with Crippen molar-refractivity contribution in [2.24, 2.45) is 0 Å². The normalized spacial score (nSPS) is 10.8. The Morgan fingerprint density at radius 1 is 1.36 bits per heavy atom. The molecule has 0 aliphatic carbocycles. The van der Waals surface area contributed by atoms with Gasteiger partial charge >= 0.3 is 0 Å². The summed E-state index contributed by atoms with van der Waals surface area (Å²) in [5.41, 5.74) is 3.68. The number of pyridine rings is 1. The molecule has 0 radical (unpaired) electrons. The van der Waals surface area contributed by atoms with E-state index in [2.05, 4.69) is 31.3 Å². The zero-order chi connectivity index (χ0) is 17.8. The Morgan fingerprint density at radius 2 is 2.12 bits per heavy atom. The first-order valence-electron chi connectivity index (χ1n) is 7.86. The lowest BCUT2D eigenvalue weighted by atomic mass is 10.2. The number of carbonyl (C=O) groups is 1. The Hall–Kier alpha value is -2.67. The summed E-state index contributed by atoms with van der Waals surface area (Å²) in [6.45, 7) is 8.42. The minimum atomic E-state index is 0.0728. The van der Waals surface area contributed by atoms with Gasteiger partial charge in [-0.25, -0.2) is 4.98 Å². The van der Waals surface area contributed by atoms with Gasteiger partial charge in [0, 0.05) is 41.5 Å². The van der Waals surface area contributed by atoms with Gasteiger partial charge in [0.15, 0.2) is 11.6 Å². The second-order valence-electron chi connectivity index (χ2n) is 5.60. The molecule has 0 aromatic carbocycles. The van der Waals surface area contributed by atoms with Crippen LogP contribution in [0.3, 0.4) is 0 Å². The predicted molar refractivity (Wildman–Crippen MR) is 98.8 cm³/mol. The van der Waals surface area contributed by atoms with Gasteiger partial charge in [0.25, 0.3) is 0 Å². The Morgan fingerprint density at radius 3 is 2.84 bits per heavy atom. The number of allylic oxidation sites excluding steroid dienone is 1. The van der Waals surface area contributed by atoms with E-state index in [1.807, 2.05) is 38.1 Å². The molecule has 0 atom stereocenters. The molecule has 128 valence electrons. The SMILES string of the molecule is C=CCn1c(C)cc(C(=O)CSc2n[nH]c(-c3ccncc3)n2)c1C. The summed E-state index contributed by atoms with van der Waals surface area (Å²) in [6.07, 6.45) is 5.23. The van der Waals surface area contributed by atoms with Gasteiger partial charge in [-0.15, -0.1) is 11.7 Å². The fourth-order valence-electron chi connectivity index (χ4n) is 2.65. The van der Waals surface area contributed by atoms with Crippen LogP contribution in [0, 0.1) is 13.8 Å². The lowest BCUT2D eigenvalue weighted by Crippen LogP contribution is -2.06. The third-order valence-corrected chi connectivity index (χ3v) is 4.78. The summed E-state index contributed by atoms with van der Waals surface area (Å²) in [5, 5.41) is 7.61. The standard InChI is InChI=1S/C18H19N5OS/c1-4-9-23-12(2)10-15(13(23)3)16(24)11-25-18-20-17(21-22-18)14-5-7-19-8-6-14/h4-8,10H,1,9,11H2,2-3H3,(H,20,21,22). The van der Waals surface area contributed by atoms with E-state index >= 15 is 0 Å². The zero-order valence-electron chi connectivity index (χ0n) is 14.2. The molecule has 3 rings (SSSR count). The van der Waals surface area contributed by atoms with Gasteiger partial charge in [0.05, 0.1) is 5.75 Å². The van der Waals surface area contributed by atoms with Crippen LogP contribution in [0.25, 0.3) is 11.4 Å². The molecular weight excluding hydrogens is 334 g/mol. The largest absolute Gasteiger partial charge is 0.345 e. The van der Waals surface area contributed by atoms with Crippen molar-refractivity contribution < 1.29 is 4.79 Å². The van der Waals surface area contributed by atoms with E-state index in [4.69, 9.17) is 0 Å². The van der Waals surface area contributed by atoms with Gasteiger partial charge in [-0.1, -0.05) is 17.8 Å². The van der Waals surface area contributed by atoms with Crippen molar-refractivity contribution in [2.75, 3.05) is 5.75 Å². The molecule has 0 aliphatic heterocycles. The first kappa shape index (κ1) is 17.2. The van der Waals surface area contributed by atoms with E-state index in [0.717, 1.165) is 22.5 Å².